The summed E-state index contributed by atoms with van der Waals surface area (Å²) in [5.41, 5.74) is 3.47. The van der Waals surface area contributed by atoms with E-state index in [2.05, 4.69) is 22.2 Å². The molecule has 1 aromatic carbocycles. The molecule has 1 amide bonds. The number of hydrogen-bond donors (Lipinski definition) is 2. The molecule has 6 rings (SSSR count). The number of rotatable bonds is 8. The minimum absolute atomic E-state index is 0.0513. The van der Waals surface area contributed by atoms with E-state index in [1.54, 1.807) is 32.0 Å². The molecule has 3 aliphatic rings. The molecule has 41 heavy (non-hydrogen) atoms. The zero-order valence-electron chi connectivity index (χ0n) is 24.2. The third-order valence-electron chi connectivity index (χ3n) is 9.47. The molecule has 3 aromatic rings. The quantitative estimate of drug-likeness (QED) is 0.402. The Kier molecular flexibility index (Phi) is 6.76. The fourth-order valence-corrected chi connectivity index (χ4v) is 7.30. The number of nitrogens with zero attached hydrogens (tertiary/aromatic N) is 3. The van der Waals surface area contributed by atoms with Crippen molar-refractivity contribution in [2.75, 3.05) is 26.1 Å². The van der Waals surface area contributed by atoms with Gasteiger partial charge in [0.05, 0.1) is 39.0 Å². The molecule has 2 saturated carbocycles. The van der Waals surface area contributed by atoms with E-state index in [1.807, 2.05) is 26.0 Å². The van der Waals surface area contributed by atoms with Gasteiger partial charge >= 0.3 is 0 Å². The van der Waals surface area contributed by atoms with Gasteiger partial charge in [0.1, 0.15) is 17.1 Å². The first-order chi connectivity index (χ1) is 19.7. The summed E-state index contributed by atoms with van der Waals surface area (Å²) >= 11 is 0. The lowest BCUT2D eigenvalue weighted by atomic mass is 9.89. The molecule has 1 saturated heterocycles. The molecule has 2 aliphatic carbocycles. The number of benzene rings is 1. The van der Waals surface area contributed by atoms with Gasteiger partial charge in [0.15, 0.2) is 0 Å². The van der Waals surface area contributed by atoms with Crippen LogP contribution in [0.5, 0.6) is 11.5 Å². The molecule has 10 nitrogen and oxygen atoms in total. The van der Waals surface area contributed by atoms with Crippen LogP contribution < -0.4 is 25.7 Å². The molecule has 0 spiro atoms. The Labute approximate surface area is 239 Å². The van der Waals surface area contributed by atoms with Crippen LogP contribution >= 0.6 is 0 Å². The van der Waals surface area contributed by atoms with Gasteiger partial charge in [-0.25, -0.2) is 4.98 Å². The van der Waals surface area contributed by atoms with Gasteiger partial charge in [0, 0.05) is 41.2 Å². The van der Waals surface area contributed by atoms with Gasteiger partial charge in [-0.2, -0.15) is 4.98 Å². The normalized spacial score (nSPS) is 26.5. The van der Waals surface area contributed by atoms with Crippen LogP contribution in [-0.4, -0.2) is 59.5 Å². The Morgan fingerprint density at radius 1 is 1.22 bits per heavy atom. The number of nitrogens with one attached hydrogen (secondary N) is 2. The number of fused-ring (bicyclic) bond motifs is 2. The number of aryl methyl sites for hydroxylation is 1. The van der Waals surface area contributed by atoms with Gasteiger partial charge in [0.2, 0.25) is 11.9 Å². The van der Waals surface area contributed by atoms with E-state index >= 15 is 0 Å². The van der Waals surface area contributed by atoms with Gasteiger partial charge in [0.25, 0.3) is 5.56 Å². The molecule has 2 N–H and O–H groups in total. The van der Waals surface area contributed by atoms with E-state index in [0.29, 0.717) is 41.2 Å². The molecule has 3 heterocycles. The minimum atomic E-state index is -0.249. The summed E-state index contributed by atoms with van der Waals surface area (Å²) in [5, 5.41) is 7.24. The maximum atomic E-state index is 13.7. The lowest BCUT2D eigenvalue weighted by Crippen LogP contribution is -2.50. The van der Waals surface area contributed by atoms with Gasteiger partial charge in [-0.05, 0) is 62.3 Å². The van der Waals surface area contributed by atoms with E-state index in [9.17, 15) is 9.59 Å². The van der Waals surface area contributed by atoms with Crippen LogP contribution in [0.2, 0.25) is 0 Å². The highest BCUT2D eigenvalue weighted by molar-refractivity contribution is 5.87. The molecular weight excluding hydrogens is 522 g/mol. The second kappa shape index (κ2) is 10.2. The molecule has 5 unspecified atom stereocenters. The van der Waals surface area contributed by atoms with Crippen molar-refractivity contribution < 1.29 is 19.0 Å². The van der Waals surface area contributed by atoms with Gasteiger partial charge in [-0.15, -0.1) is 0 Å². The molecule has 0 bridgehead atoms. The number of hydrogen-bond acceptors (Lipinski definition) is 8. The highest BCUT2D eigenvalue weighted by atomic mass is 16.5. The van der Waals surface area contributed by atoms with Crippen LogP contribution in [0, 0.1) is 25.2 Å². The molecule has 3 fully saturated rings. The Morgan fingerprint density at radius 2 is 1.95 bits per heavy atom. The van der Waals surface area contributed by atoms with E-state index in [4.69, 9.17) is 19.2 Å². The van der Waals surface area contributed by atoms with Crippen molar-refractivity contribution in [1.29, 1.82) is 0 Å². The maximum Gasteiger partial charge on any atom is 0.259 e. The molecule has 1 aliphatic heterocycles. The first-order valence-corrected chi connectivity index (χ1v) is 14.1. The van der Waals surface area contributed by atoms with E-state index in [1.165, 1.54) is 18.9 Å². The van der Waals surface area contributed by atoms with E-state index in [0.717, 1.165) is 34.9 Å². The van der Waals surface area contributed by atoms with Crippen molar-refractivity contribution in [3.63, 3.8) is 0 Å². The Balaban J connectivity index is 1.38. The number of pyridine rings is 1. The zero-order valence-corrected chi connectivity index (χ0v) is 24.2. The first-order valence-electron chi connectivity index (χ1n) is 14.1. The third kappa shape index (κ3) is 4.36. The molecular formula is C31H37N5O5. The number of aromatic nitrogens is 3. The summed E-state index contributed by atoms with van der Waals surface area (Å²) in [6.45, 7) is 7.88. The van der Waals surface area contributed by atoms with E-state index < -0.39 is 0 Å². The van der Waals surface area contributed by atoms with Crippen molar-refractivity contribution >= 4 is 22.9 Å². The number of carbonyl (C=O) groups is 1. The van der Waals surface area contributed by atoms with Crippen molar-refractivity contribution in [3.8, 4) is 22.6 Å². The van der Waals surface area contributed by atoms with Crippen molar-refractivity contribution in [3.05, 3.63) is 52.5 Å². The predicted octanol–water partition coefficient (Wildman–Crippen LogP) is 3.67. The van der Waals surface area contributed by atoms with Crippen molar-refractivity contribution in [2.45, 2.75) is 57.7 Å². The molecule has 216 valence electrons. The monoisotopic (exact) mass is 559 g/mol. The summed E-state index contributed by atoms with van der Waals surface area (Å²) < 4.78 is 19.0. The second-order valence-electron chi connectivity index (χ2n) is 11.6. The average Bonchev–Trinajstić information content (AvgIpc) is 3.29. The van der Waals surface area contributed by atoms with Gasteiger partial charge in [-0.1, -0.05) is 13.0 Å². The highest BCUT2D eigenvalue weighted by Gasteiger charge is 2.65. The SMILES string of the molecule is C=CC(=O)NC1COC(C23CCCC2C3)C1Nc1ncc2cc(-c3c(C)c(OC)cc(OC)c3C)c(=O)n(C)c2n1. The van der Waals surface area contributed by atoms with Crippen molar-refractivity contribution in [1.82, 2.24) is 19.9 Å². The average molecular weight is 560 g/mol. The Bertz CT molecular complexity index is 1590. The summed E-state index contributed by atoms with van der Waals surface area (Å²) in [5.74, 6) is 2.11. The molecule has 0 radical (unpaired) electrons. The van der Waals surface area contributed by atoms with Gasteiger partial charge in [-0.3, -0.25) is 14.2 Å². The summed E-state index contributed by atoms with van der Waals surface area (Å²) in [6, 6.07) is 3.21. The molecule has 5 atom stereocenters. The lowest BCUT2D eigenvalue weighted by Gasteiger charge is -2.29. The Hall–Kier alpha value is -3.92. The molecule has 10 heteroatoms. The smallest absolute Gasteiger partial charge is 0.259 e. The summed E-state index contributed by atoms with van der Waals surface area (Å²) in [4.78, 5) is 35.4. The van der Waals surface area contributed by atoms with Crippen LogP contribution in [0.3, 0.4) is 0 Å². The zero-order chi connectivity index (χ0) is 29.1. The van der Waals surface area contributed by atoms with Crippen LogP contribution in [0.15, 0.2) is 35.8 Å². The standard InChI is InChI=1S/C31H37N5O5/c1-7-24(37)33-21-15-41-27(31-10-8-9-19(31)13-31)26(21)34-30-32-14-18-11-20(29(38)36(4)28(18)35-30)25-16(2)22(39-5)12-23(40-6)17(25)3/h7,11-12,14,19,21,26-27H,1,8-10,13,15H2,2-6H3,(H,33,37)(H,32,34,35). The molecule has 2 aromatic heterocycles. The Morgan fingerprint density at radius 3 is 2.56 bits per heavy atom. The van der Waals surface area contributed by atoms with Crippen LogP contribution in [-0.2, 0) is 16.6 Å². The third-order valence-corrected chi connectivity index (χ3v) is 9.47. The topological polar surface area (TPSA) is 117 Å². The summed E-state index contributed by atoms with van der Waals surface area (Å²) in [7, 11) is 4.92. The summed E-state index contributed by atoms with van der Waals surface area (Å²) in [6.07, 6.45) is 7.67. The number of amides is 1. The minimum Gasteiger partial charge on any atom is -0.496 e. The fraction of sp³-hybridized carbons (Fsp3) is 0.484. The number of ether oxygens (including phenoxy) is 3. The van der Waals surface area contributed by atoms with Crippen LogP contribution in [0.25, 0.3) is 22.2 Å². The van der Waals surface area contributed by atoms with E-state index in [-0.39, 0.29) is 35.1 Å². The van der Waals surface area contributed by atoms with Gasteiger partial charge < -0.3 is 24.8 Å². The highest BCUT2D eigenvalue weighted by Crippen LogP contribution is 2.67. The maximum absolute atomic E-state index is 13.7. The number of carbonyl (C=O) groups excluding carboxylic acids is 1. The van der Waals surface area contributed by atoms with Crippen molar-refractivity contribution in [2.24, 2.45) is 18.4 Å². The second-order valence-corrected chi connectivity index (χ2v) is 11.6. The number of methoxy groups -OCH3 is 2. The first kappa shape index (κ1) is 27.3. The predicted molar refractivity (Wildman–Crippen MR) is 156 cm³/mol. The largest absolute Gasteiger partial charge is 0.496 e. The van der Waals surface area contributed by atoms with Crippen LogP contribution in [0.4, 0.5) is 5.95 Å². The lowest BCUT2D eigenvalue weighted by molar-refractivity contribution is -0.117. The van der Waals surface area contributed by atoms with Crippen LogP contribution in [0.1, 0.15) is 36.8 Å². The number of anilines is 1. The fourth-order valence-electron chi connectivity index (χ4n) is 7.30.